The Balaban J connectivity index is 2.94. The fraction of sp³-hybridized carbons (Fsp3) is 0.500. The van der Waals surface area contributed by atoms with Gasteiger partial charge in [0.15, 0.2) is 0 Å². The summed E-state index contributed by atoms with van der Waals surface area (Å²) in [6.45, 7) is 5.01. The van der Waals surface area contributed by atoms with Crippen LogP contribution in [0.2, 0.25) is 0 Å². The number of aliphatic hydroxyl groups excluding tert-OH is 1. The van der Waals surface area contributed by atoms with Gasteiger partial charge in [0.2, 0.25) is 10.0 Å². The molecule has 0 fully saturated rings. The fourth-order valence-corrected chi connectivity index (χ4v) is 2.80. The molecule has 0 amide bonds. The Kier molecular flexibility index (Phi) is 4.47. The molecule has 0 saturated carbocycles. The van der Waals surface area contributed by atoms with Crippen LogP contribution < -0.4 is 4.72 Å². The highest BCUT2D eigenvalue weighted by atomic mass is 32.2. The predicted molar refractivity (Wildman–Crippen MR) is 67.2 cm³/mol. The zero-order chi connectivity index (χ0) is 14.0. The topological polar surface area (TPSA) is 66.4 Å². The largest absolute Gasteiger partial charge is 0.396 e. The maximum atomic E-state index is 12.9. The van der Waals surface area contributed by atoms with Crippen LogP contribution in [-0.4, -0.2) is 26.7 Å². The van der Waals surface area contributed by atoms with E-state index in [1.54, 1.807) is 13.8 Å². The van der Waals surface area contributed by atoms with E-state index in [4.69, 9.17) is 5.11 Å². The second-order valence-electron chi connectivity index (χ2n) is 5.06. The molecule has 0 bridgehead atoms. The van der Waals surface area contributed by atoms with Gasteiger partial charge in [-0.1, -0.05) is 13.8 Å². The maximum absolute atomic E-state index is 12.9. The molecular formula is C12H18FNO3S. The molecule has 0 atom stereocenters. The molecule has 0 spiro atoms. The Labute approximate surface area is 107 Å². The van der Waals surface area contributed by atoms with E-state index >= 15 is 0 Å². The summed E-state index contributed by atoms with van der Waals surface area (Å²) in [4.78, 5) is 0.0534. The van der Waals surface area contributed by atoms with Crippen molar-refractivity contribution in [2.75, 3.05) is 13.2 Å². The number of hydrogen-bond acceptors (Lipinski definition) is 3. The summed E-state index contributed by atoms with van der Waals surface area (Å²) in [5.74, 6) is -0.470. The van der Waals surface area contributed by atoms with E-state index in [9.17, 15) is 12.8 Å². The Morgan fingerprint density at radius 2 is 2.00 bits per heavy atom. The predicted octanol–water partition coefficient (Wildman–Crippen LogP) is 1.43. The van der Waals surface area contributed by atoms with E-state index in [0.29, 0.717) is 5.56 Å². The third-order valence-corrected chi connectivity index (χ3v) is 4.16. The minimum Gasteiger partial charge on any atom is -0.396 e. The molecule has 0 radical (unpaired) electrons. The van der Waals surface area contributed by atoms with Gasteiger partial charge < -0.3 is 5.11 Å². The van der Waals surface area contributed by atoms with Crippen molar-refractivity contribution in [3.63, 3.8) is 0 Å². The number of rotatable bonds is 5. The lowest BCUT2D eigenvalue weighted by Gasteiger charge is -2.22. The molecule has 102 valence electrons. The SMILES string of the molecule is Cc1cc(F)ccc1S(=O)(=O)NCC(C)(C)CO. The Morgan fingerprint density at radius 3 is 2.50 bits per heavy atom. The van der Waals surface area contributed by atoms with Gasteiger partial charge in [-0.05, 0) is 30.7 Å². The van der Waals surface area contributed by atoms with Gasteiger partial charge in [0.1, 0.15) is 5.82 Å². The fourth-order valence-electron chi connectivity index (χ4n) is 1.34. The number of benzene rings is 1. The van der Waals surface area contributed by atoms with Crippen molar-refractivity contribution in [2.24, 2.45) is 5.41 Å². The lowest BCUT2D eigenvalue weighted by atomic mass is 9.96. The maximum Gasteiger partial charge on any atom is 0.240 e. The van der Waals surface area contributed by atoms with Crippen molar-refractivity contribution in [1.29, 1.82) is 0 Å². The monoisotopic (exact) mass is 275 g/mol. The highest BCUT2D eigenvalue weighted by Crippen LogP contribution is 2.18. The van der Waals surface area contributed by atoms with Gasteiger partial charge in [0.25, 0.3) is 0 Å². The van der Waals surface area contributed by atoms with Crippen LogP contribution in [0.15, 0.2) is 23.1 Å². The van der Waals surface area contributed by atoms with Gasteiger partial charge in [-0.2, -0.15) is 0 Å². The number of halogens is 1. The van der Waals surface area contributed by atoms with Crippen LogP contribution in [0.1, 0.15) is 19.4 Å². The molecule has 0 saturated heterocycles. The van der Waals surface area contributed by atoms with Crippen LogP contribution >= 0.6 is 0 Å². The van der Waals surface area contributed by atoms with E-state index in [0.717, 1.165) is 6.07 Å². The average molecular weight is 275 g/mol. The van der Waals surface area contributed by atoms with Crippen molar-refractivity contribution >= 4 is 10.0 Å². The van der Waals surface area contributed by atoms with Gasteiger partial charge in [0.05, 0.1) is 4.90 Å². The minimum atomic E-state index is -3.68. The van der Waals surface area contributed by atoms with Crippen LogP contribution in [0.3, 0.4) is 0 Å². The highest BCUT2D eigenvalue weighted by molar-refractivity contribution is 7.89. The number of aliphatic hydroxyl groups is 1. The van der Waals surface area contributed by atoms with Gasteiger partial charge in [0, 0.05) is 18.6 Å². The first-order valence-electron chi connectivity index (χ1n) is 5.55. The number of nitrogens with one attached hydrogen (secondary N) is 1. The second-order valence-corrected chi connectivity index (χ2v) is 6.79. The van der Waals surface area contributed by atoms with E-state index < -0.39 is 21.3 Å². The quantitative estimate of drug-likeness (QED) is 0.854. The van der Waals surface area contributed by atoms with Crippen LogP contribution in [0.4, 0.5) is 4.39 Å². The zero-order valence-electron chi connectivity index (χ0n) is 10.7. The van der Waals surface area contributed by atoms with Gasteiger partial charge in [-0.25, -0.2) is 17.5 Å². The van der Waals surface area contributed by atoms with Crippen molar-refractivity contribution in [3.8, 4) is 0 Å². The normalized spacial score (nSPS) is 12.7. The zero-order valence-corrected chi connectivity index (χ0v) is 11.5. The second kappa shape index (κ2) is 5.34. The van der Waals surface area contributed by atoms with Crippen LogP contribution in [-0.2, 0) is 10.0 Å². The molecule has 1 rings (SSSR count). The molecule has 2 N–H and O–H groups in total. The molecule has 1 aromatic rings. The van der Waals surface area contributed by atoms with E-state index in [1.807, 2.05) is 0 Å². The van der Waals surface area contributed by atoms with Crippen LogP contribution in [0.5, 0.6) is 0 Å². The van der Waals surface area contributed by atoms with Gasteiger partial charge in [-0.15, -0.1) is 0 Å². The van der Waals surface area contributed by atoms with Crippen LogP contribution in [0, 0.1) is 18.2 Å². The number of sulfonamides is 1. The molecule has 0 unspecified atom stereocenters. The van der Waals surface area contributed by atoms with Crippen molar-refractivity contribution in [3.05, 3.63) is 29.6 Å². The first-order chi connectivity index (χ1) is 8.18. The standard InChI is InChI=1S/C12H18FNO3S/c1-9-6-10(13)4-5-11(9)18(16,17)14-7-12(2,3)8-15/h4-6,14-15H,7-8H2,1-3H3. The third-order valence-electron chi connectivity index (χ3n) is 2.60. The van der Waals surface area contributed by atoms with Gasteiger partial charge >= 0.3 is 0 Å². The minimum absolute atomic E-state index is 0.0534. The highest BCUT2D eigenvalue weighted by Gasteiger charge is 2.22. The summed E-state index contributed by atoms with van der Waals surface area (Å²) in [5.41, 5.74) is -0.189. The number of hydrogen-bond donors (Lipinski definition) is 2. The van der Waals surface area contributed by atoms with Crippen LogP contribution in [0.25, 0.3) is 0 Å². The molecule has 18 heavy (non-hydrogen) atoms. The molecule has 6 heteroatoms. The summed E-state index contributed by atoms with van der Waals surface area (Å²) >= 11 is 0. The van der Waals surface area contributed by atoms with E-state index in [1.165, 1.54) is 19.1 Å². The lowest BCUT2D eigenvalue weighted by Crippen LogP contribution is -2.36. The third kappa shape index (κ3) is 3.76. The van der Waals surface area contributed by atoms with E-state index in [-0.39, 0.29) is 18.0 Å². The summed E-state index contributed by atoms with van der Waals surface area (Å²) in [7, 11) is -3.68. The molecule has 0 aliphatic rings. The number of aryl methyl sites for hydroxylation is 1. The molecule has 4 nitrogen and oxygen atoms in total. The molecule has 0 aliphatic carbocycles. The lowest BCUT2D eigenvalue weighted by molar-refractivity contribution is 0.163. The smallest absolute Gasteiger partial charge is 0.240 e. The molecule has 0 aromatic heterocycles. The Bertz CT molecular complexity index is 526. The molecule has 1 aromatic carbocycles. The first-order valence-corrected chi connectivity index (χ1v) is 7.03. The van der Waals surface area contributed by atoms with Gasteiger partial charge in [-0.3, -0.25) is 0 Å². The average Bonchev–Trinajstić information content (AvgIpc) is 2.26. The molecule has 0 heterocycles. The molecule has 0 aliphatic heterocycles. The van der Waals surface area contributed by atoms with Crippen molar-refractivity contribution in [2.45, 2.75) is 25.7 Å². The molecular weight excluding hydrogens is 257 g/mol. The van der Waals surface area contributed by atoms with Crippen molar-refractivity contribution < 1.29 is 17.9 Å². The first kappa shape index (κ1) is 15.1. The van der Waals surface area contributed by atoms with E-state index in [2.05, 4.69) is 4.72 Å². The summed E-state index contributed by atoms with van der Waals surface area (Å²) in [6, 6.07) is 3.52. The summed E-state index contributed by atoms with van der Waals surface area (Å²) in [5, 5.41) is 9.07. The summed E-state index contributed by atoms with van der Waals surface area (Å²) < 4.78 is 39.4. The Hall–Kier alpha value is -0.980. The van der Waals surface area contributed by atoms with Crippen molar-refractivity contribution in [1.82, 2.24) is 4.72 Å². The summed E-state index contributed by atoms with van der Waals surface area (Å²) in [6.07, 6.45) is 0. The Morgan fingerprint density at radius 1 is 1.39 bits per heavy atom.